The highest BCUT2D eigenvalue weighted by Crippen LogP contribution is 2.18. The molecule has 138 valence electrons. The molecule has 0 aliphatic carbocycles. The SMILES string of the molecule is CCN(C(=O)c1cnc(NCc2ccc(C)cc2)cn1)c1cccc(C)c1. The molecule has 2 aromatic carbocycles. The summed E-state index contributed by atoms with van der Waals surface area (Å²) in [6.45, 7) is 7.25. The number of benzene rings is 2. The molecule has 1 aromatic heterocycles. The minimum absolute atomic E-state index is 0.152. The Bertz CT molecular complexity index is 904. The molecule has 27 heavy (non-hydrogen) atoms. The maximum absolute atomic E-state index is 12.8. The summed E-state index contributed by atoms with van der Waals surface area (Å²) in [4.78, 5) is 23.2. The second-order valence-corrected chi connectivity index (χ2v) is 6.51. The van der Waals surface area contributed by atoms with Crippen molar-refractivity contribution in [1.29, 1.82) is 0 Å². The number of nitrogens with one attached hydrogen (secondary N) is 1. The largest absolute Gasteiger partial charge is 0.365 e. The zero-order valence-corrected chi connectivity index (χ0v) is 15.9. The molecule has 0 aliphatic heterocycles. The number of nitrogens with zero attached hydrogens (tertiary/aromatic N) is 3. The van der Waals surface area contributed by atoms with Gasteiger partial charge in [0, 0.05) is 18.8 Å². The number of hydrogen-bond donors (Lipinski definition) is 1. The maximum atomic E-state index is 12.8. The molecule has 0 saturated carbocycles. The molecular weight excluding hydrogens is 336 g/mol. The average Bonchev–Trinajstić information content (AvgIpc) is 2.68. The van der Waals surface area contributed by atoms with Crippen molar-refractivity contribution in [1.82, 2.24) is 9.97 Å². The van der Waals surface area contributed by atoms with E-state index in [9.17, 15) is 4.79 Å². The van der Waals surface area contributed by atoms with Gasteiger partial charge in [0.25, 0.3) is 5.91 Å². The lowest BCUT2D eigenvalue weighted by atomic mass is 10.1. The van der Waals surface area contributed by atoms with Crippen molar-refractivity contribution in [2.45, 2.75) is 27.3 Å². The van der Waals surface area contributed by atoms with Gasteiger partial charge in [0.2, 0.25) is 0 Å². The summed E-state index contributed by atoms with van der Waals surface area (Å²) < 4.78 is 0. The van der Waals surface area contributed by atoms with E-state index in [2.05, 4.69) is 46.5 Å². The van der Waals surface area contributed by atoms with Crippen molar-refractivity contribution in [2.24, 2.45) is 0 Å². The number of hydrogen-bond acceptors (Lipinski definition) is 4. The molecule has 0 spiro atoms. The lowest BCUT2D eigenvalue weighted by Crippen LogP contribution is -2.31. The second-order valence-electron chi connectivity index (χ2n) is 6.51. The fourth-order valence-corrected chi connectivity index (χ4v) is 2.81. The molecule has 0 aliphatic rings. The summed E-state index contributed by atoms with van der Waals surface area (Å²) in [5.41, 5.74) is 4.71. The first-order valence-electron chi connectivity index (χ1n) is 9.07. The number of carbonyl (C=O) groups is 1. The average molecular weight is 360 g/mol. The summed E-state index contributed by atoms with van der Waals surface area (Å²) >= 11 is 0. The Kier molecular flexibility index (Phi) is 5.81. The van der Waals surface area contributed by atoms with Gasteiger partial charge in [-0.25, -0.2) is 9.97 Å². The number of rotatable bonds is 6. The van der Waals surface area contributed by atoms with Crippen LogP contribution in [0.5, 0.6) is 0 Å². The predicted molar refractivity (Wildman–Crippen MR) is 109 cm³/mol. The van der Waals surface area contributed by atoms with Crippen LogP contribution < -0.4 is 10.2 Å². The van der Waals surface area contributed by atoms with Crippen molar-refractivity contribution in [3.8, 4) is 0 Å². The highest BCUT2D eigenvalue weighted by Gasteiger charge is 2.17. The van der Waals surface area contributed by atoms with Crippen LogP contribution in [0.25, 0.3) is 0 Å². The van der Waals surface area contributed by atoms with E-state index in [4.69, 9.17) is 0 Å². The van der Waals surface area contributed by atoms with Crippen molar-refractivity contribution < 1.29 is 4.79 Å². The minimum atomic E-state index is -0.152. The molecule has 1 amide bonds. The number of carbonyl (C=O) groups excluding carboxylic acids is 1. The topological polar surface area (TPSA) is 58.1 Å². The van der Waals surface area contributed by atoms with E-state index in [-0.39, 0.29) is 5.91 Å². The van der Waals surface area contributed by atoms with Crippen LogP contribution in [0.2, 0.25) is 0 Å². The summed E-state index contributed by atoms with van der Waals surface area (Å²) in [5.74, 6) is 0.492. The Morgan fingerprint density at radius 3 is 2.41 bits per heavy atom. The normalized spacial score (nSPS) is 10.5. The highest BCUT2D eigenvalue weighted by atomic mass is 16.2. The zero-order valence-electron chi connectivity index (χ0n) is 15.9. The molecular formula is C22H24N4O. The van der Waals surface area contributed by atoms with E-state index in [0.717, 1.165) is 11.3 Å². The third kappa shape index (κ3) is 4.70. The lowest BCUT2D eigenvalue weighted by Gasteiger charge is -2.21. The third-order valence-corrected chi connectivity index (χ3v) is 4.34. The molecule has 5 heteroatoms. The minimum Gasteiger partial charge on any atom is -0.365 e. The van der Waals surface area contributed by atoms with Crippen LogP contribution in [0.4, 0.5) is 11.5 Å². The Labute approximate surface area is 160 Å². The van der Waals surface area contributed by atoms with Crippen LogP contribution in [0.3, 0.4) is 0 Å². The number of amides is 1. The van der Waals surface area contributed by atoms with Gasteiger partial charge in [-0.15, -0.1) is 0 Å². The first kappa shape index (κ1) is 18.6. The fraction of sp³-hybridized carbons (Fsp3) is 0.227. The van der Waals surface area contributed by atoms with E-state index in [1.165, 1.54) is 17.3 Å². The van der Waals surface area contributed by atoms with Crippen LogP contribution in [0, 0.1) is 13.8 Å². The Balaban J connectivity index is 1.68. The van der Waals surface area contributed by atoms with Gasteiger partial charge in [-0.3, -0.25) is 4.79 Å². The summed E-state index contributed by atoms with van der Waals surface area (Å²) in [5, 5.41) is 3.23. The number of anilines is 2. The molecule has 5 nitrogen and oxygen atoms in total. The molecule has 0 fully saturated rings. The van der Waals surface area contributed by atoms with Crippen LogP contribution in [-0.2, 0) is 6.54 Å². The van der Waals surface area contributed by atoms with E-state index >= 15 is 0 Å². The molecule has 1 heterocycles. The van der Waals surface area contributed by atoms with Gasteiger partial charge in [0.05, 0.1) is 12.4 Å². The van der Waals surface area contributed by atoms with Crippen LogP contribution in [-0.4, -0.2) is 22.4 Å². The molecule has 0 bridgehead atoms. The van der Waals surface area contributed by atoms with Crippen molar-refractivity contribution in [2.75, 3.05) is 16.8 Å². The van der Waals surface area contributed by atoms with Gasteiger partial charge < -0.3 is 10.2 Å². The van der Waals surface area contributed by atoms with Crippen LogP contribution >= 0.6 is 0 Å². The molecule has 0 unspecified atom stereocenters. The smallest absolute Gasteiger partial charge is 0.278 e. The molecule has 1 N–H and O–H groups in total. The van der Waals surface area contributed by atoms with Crippen molar-refractivity contribution >= 4 is 17.4 Å². The van der Waals surface area contributed by atoms with Crippen LogP contribution in [0.1, 0.15) is 34.1 Å². The standard InChI is InChI=1S/C22H24N4O/c1-4-26(19-7-5-6-17(3)12-19)22(27)20-14-25-21(15-23-20)24-13-18-10-8-16(2)9-11-18/h5-12,14-15H,4,13H2,1-3H3,(H,24,25). The monoisotopic (exact) mass is 360 g/mol. The van der Waals surface area contributed by atoms with Crippen LogP contribution in [0.15, 0.2) is 60.9 Å². The van der Waals surface area contributed by atoms with Crippen molar-refractivity contribution in [3.63, 3.8) is 0 Å². The van der Waals surface area contributed by atoms with E-state index in [1.54, 1.807) is 11.1 Å². The van der Waals surface area contributed by atoms with Gasteiger partial charge >= 0.3 is 0 Å². The van der Waals surface area contributed by atoms with Gasteiger partial charge in [0.1, 0.15) is 11.5 Å². The first-order chi connectivity index (χ1) is 13.1. The van der Waals surface area contributed by atoms with Gasteiger partial charge in [-0.2, -0.15) is 0 Å². The van der Waals surface area contributed by atoms with Gasteiger partial charge in [-0.05, 0) is 44.0 Å². The van der Waals surface area contributed by atoms with E-state index in [1.807, 2.05) is 38.1 Å². The molecule has 0 saturated heterocycles. The zero-order chi connectivity index (χ0) is 19.2. The highest BCUT2D eigenvalue weighted by molar-refractivity contribution is 6.04. The van der Waals surface area contributed by atoms with E-state index in [0.29, 0.717) is 24.6 Å². The summed E-state index contributed by atoms with van der Waals surface area (Å²) in [6, 6.07) is 16.2. The Morgan fingerprint density at radius 2 is 1.78 bits per heavy atom. The first-order valence-corrected chi connectivity index (χ1v) is 9.07. The second kappa shape index (κ2) is 8.45. The molecule has 0 radical (unpaired) electrons. The number of aromatic nitrogens is 2. The summed E-state index contributed by atoms with van der Waals surface area (Å²) in [7, 11) is 0. The van der Waals surface area contributed by atoms with Crippen molar-refractivity contribution in [3.05, 3.63) is 83.3 Å². The molecule has 0 atom stereocenters. The summed E-state index contributed by atoms with van der Waals surface area (Å²) in [6.07, 6.45) is 3.13. The Hall–Kier alpha value is -3.21. The third-order valence-electron chi connectivity index (χ3n) is 4.34. The fourth-order valence-electron chi connectivity index (χ4n) is 2.81. The maximum Gasteiger partial charge on any atom is 0.278 e. The van der Waals surface area contributed by atoms with Gasteiger partial charge in [-0.1, -0.05) is 42.0 Å². The molecule has 3 aromatic rings. The predicted octanol–water partition coefficient (Wildman–Crippen LogP) is 4.37. The molecule has 3 rings (SSSR count). The van der Waals surface area contributed by atoms with Gasteiger partial charge in [0.15, 0.2) is 0 Å². The Morgan fingerprint density at radius 1 is 1.00 bits per heavy atom. The number of aryl methyl sites for hydroxylation is 2. The lowest BCUT2D eigenvalue weighted by molar-refractivity contribution is 0.0983. The van der Waals surface area contributed by atoms with E-state index < -0.39 is 0 Å². The quantitative estimate of drug-likeness (QED) is 0.709.